The summed E-state index contributed by atoms with van der Waals surface area (Å²) in [6.07, 6.45) is 13.9. The van der Waals surface area contributed by atoms with Crippen molar-refractivity contribution in [3.05, 3.63) is 47.6 Å². The van der Waals surface area contributed by atoms with Gasteiger partial charge in [0.15, 0.2) is 5.78 Å². The van der Waals surface area contributed by atoms with Gasteiger partial charge in [0, 0.05) is 46.8 Å². The van der Waals surface area contributed by atoms with Gasteiger partial charge in [-0.1, -0.05) is 71.1 Å². The molecule has 16 heteroatoms. The number of cyclic esters (lactones) is 1. The molecule has 14 atom stereocenters. The standard InChI is InChI=1S/C57H93NO15/c1-36-17-13-12-14-18-39(4)49(68-9)31-44(23-20-38(3)32-59)71-33-46(62)54(65)58-26-16-15-19-45(58)55(66)72-47(24-21-37(2)28-42(7)52(64)53(70-11)51(63)41(6)27-36)40(5)29-43-22-25-48(50(30-43)69-10)73-56(67)57(8,34-60)35-61/h12-14,17-18,28,36-38,40-41,43-45,47-50,52-53,59-61,64H,15-16,19-27,29-35H2,1-11H3/b14-12+,17-13+,39-18+,42-28+/t36-,37+,38-,40-,41-,43+,44+,45+,47+,48-,49+,50-,52-,53+/m1/s1. The van der Waals surface area contributed by atoms with Crippen molar-refractivity contribution in [2.24, 2.45) is 40.9 Å². The topological polar surface area (TPSA) is 225 Å². The van der Waals surface area contributed by atoms with Gasteiger partial charge in [-0.05, 0) is 139 Å². The first-order valence-corrected chi connectivity index (χ1v) is 26.9. The molecule has 1 amide bonds. The predicted octanol–water partition coefficient (Wildman–Crippen LogP) is 6.83. The van der Waals surface area contributed by atoms with E-state index in [0.717, 1.165) is 5.57 Å². The number of aliphatic hydroxyl groups is 4. The second-order valence-corrected chi connectivity index (χ2v) is 21.9. The predicted molar refractivity (Wildman–Crippen MR) is 278 cm³/mol. The van der Waals surface area contributed by atoms with E-state index in [1.807, 2.05) is 78.0 Å². The summed E-state index contributed by atoms with van der Waals surface area (Å²) < 4.78 is 35.8. The van der Waals surface area contributed by atoms with Crippen LogP contribution in [-0.4, -0.2) is 158 Å². The average molecular weight is 1030 g/mol. The molecule has 2 aliphatic heterocycles. The molecule has 416 valence electrons. The summed E-state index contributed by atoms with van der Waals surface area (Å²) in [6, 6.07) is -0.985. The number of nitrogens with zero attached hydrogens (tertiary/aromatic N) is 1. The third kappa shape index (κ3) is 19.8. The molecule has 1 aliphatic carbocycles. The molecular formula is C57H93NO15. The van der Waals surface area contributed by atoms with E-state index in [2.05, 4.69) is 0 Å². The maximum atomic E-state index is 14.5. The van der Waals surface area contributed by atoms with E-state index in [1.165, 1.54) is 18.9 Å². The van der Waals surface area contributed by atoms with Crippen LogP contribution in [0.15, 0.2) is 47.6 Å². The molecule has 3 rings (SSSR count). The summed E-state index contributed by atoms with van der Waals surface area (Å²) in [5, 5.41) is 40.9. The Kier molecular flexibility index (Phi) is 28.0. The van der Waals surface area contributed by atoms with E-state index in [4.69, 9.17) is 28.4 Å². The molecule has 0 aromatic rings. The molecule has 3 aliphatic rings. The van der Waals surface area contributed by atoms with E-state index in [0.29, 0.717) is 89.0 Å². The van der Waals surface area contributed by atoms with E-state index >= 15 is 0 Å². The molecule has 0 aromatic carbocycles. The molecule has 2 fully saturated rings. The zero-order valence-electron chi connectivity index (χ0n) is 46.0. The van der Waals surface area contributed by atoms with Crippen LogP contribution >= 0.6 is 0 Å². The van der Waals surface area contributed by atoms with E-state index < -0.39 is 97.4 Å². The number of aliphatic hydroxyl groups excluding tert-OH is 4. The molecule has 4 N–H and O–H groups in total. The molecule has 0 spiro atoms. The minimum atomic E-state index is -1.45. The Morgan fingerprint density at radius 1 is 0.836 bits per heavy atom. The van der Waals surface area contributed by atoms with Gasteiger partial charge in [-0.25, -0.2) is 4.79 Å². The van der Waals surface area contributed by atoms with Crippen LogP contribution in [0.3, 0.4) is 0 Å². The van der Waals surface area contributed by atoms with Crippen LogP contribution in [0.2, 0.25) is 0 Å². The van der Waals surface area contributed by atoms with Crippen LogP contribution in [0.4, 0.5) is 0 Å². The first kappa shape index (κ1) is 63.7. The van der Waals surface area contributed by atoms with Crippen LogP contribution in [0, 0.1) is 40.9 Å². The highest BCUT2D eigenvalue weighted by Gasteiger charge is 2.42. The maximum Gasteiger partial charge on any atom is 0.329 e. The van der Waals surface area contributed by atoms with Crippen molar-refractivity contribution in [3.8, 4) is 0 Å². The number of carbonyl (C=O) groups excluding carboxylic acids is 5. The summed E-state index contributed by atoms with van der Waals surface area (Å²) in [7, 11) is 4.59. The van der Waals surface area contributed by atoms with Crippen LogP contribution in [0.1, 0.15) is 139 Å². The Labute approximate surface area is 436 Å². The summed E-state index contributed by atoms with van der Waals surface area (Å²) in [4.78, 5) is 70.4. The number of ether oxygens (including phenoxy) is 6. The Morgan fingerprint density at radius 2 is 1.55 bits per heavy atom. The lowest BCUT2D eigenvalue weighted by Gasteiger charge is -2.38. The number of methoxy groups -OCH3 is 3. The van der Waals surface area contributed by atoms with Gasteiger partial charge in [-0.3, -0.25) is 19.2 Å². The van der Waals surface area contributed by atoms with Crippen molar-refractivity contribution < 1.29 is 72.8 Å². The lowest BCUT2D eigenvalue weighted by molar-refractivity contribution is -0.177. The van der Waals surface area contributed by atoms with Crippen molar-refractivity contribution in [3.63, 3.8) is 0 Å². The molecule has 1 saturated carbocycles. The molecule has 0 radical (unpaired) electrons. The Bertz CT molecular complexity index is 1860. The molecule has 16 nitrogen and oxygen atoms in total. The molecule has 1 saturated heterocycles. The van der Waals surface area contributed by atoms with E-state index in [9.17, 15) is 44.4 Å². The smallest absolute Gasteiger partial charge is 0.329 e. The van der Waals surface area contributed by atoms with Gasteiger partial charge in [0.25, 0.3) is 5.91 Å². The number of ketones is 2. The number of hydrogen-bond donors (Lipinski definition) is 4. The number of Topliss-reactive ketones (excluding diaryl/α,β-unsaturated/α-hetero) is 2. The monoisotopic (exact) mass is 1030 g/mol. The van der Waals surface area contributed by atoms with Crippen molar-refractivity contribution in [2.45, 2.75) is 188 Å². The summed E-state index contributed by atoms with van der Waals surface area (Å²) in [6.45, 7) is 13.6. The number of amides is 1. The highest BCUT2D eigenvalue weighted by atomic mass is 16.6. The van der Waals surface area contributed by atoms with Gasteiger partial charge in [-0.2, -0.15) is 0 Å². The minimum absolute atomic E-state index is 0.00544. The third-order valence-electron chi connectivity index (χ3n) is 15.5. The molecule has 73 heavy (non-hydrogen) atoms. The number of hydrogen-bond acceptors (Lipinski definition) is 15. The number of rotatable bonds is 14. The number of fused-ring (bicyclic) bond motifs is 1. The first-order chi connectivity index (χ1) is 34.7. The summed E-state index contributed by atoms with van der Waals surface area (Å²) >= 11 is 0. The normalized spacial score (nSPS) is 34.0. The zero-order chi connectivity index (χ0) is 54.4. The second-order valence-electron chi connectivity index (χ2n) is 21.9. The molecular weight excluding hydrogens is 939 g/mol. The quantitative estimate of drug-likeness (QED) is 0.0795. The number of carbonyl (C=O) groups is 5. The lowest BCUT2D eigenvalue weighted by Crippen LogP contribution is -2.52. The van der Waals surface area contributed by atoms with Crippen molar-refractivity contribution in [1.82, 2.24) is 4.90 Å². The van der Waals surface area contributed by atoms with Crippen LogP contribution in [-0.2, 0) is 52.4 Å². The fourth-order valence-corrected chi connectivity index (χ4v) is 10.3. The molecule has 0 unspecified atom stereocenters. The highest BCUT2D eigenvalue weighted by molar-refractivity contribution is 6.37. The number of esters is 2. The Balaban J connectivity index is 1.98. The summed E-state index contributed by atoms with van der Waals surface area (Å²) in [5.74, 6) is -3.61. The van der Waals surface area contributed by atoms with Crippen LogP contribution in [0.25, 0.3) is 0 Å². The van der Waals surface area contributed by atoms with Gasteiger partial charge in [0.05, 0.1) is 31.5 Å². The van der Waals surface area contributed by atoms with Gasteiger partial charge in [-0.15, -0.1) is 0 Å². The van der Waals surface area contributed by atoms with Gasteiger partial charge in [0.1, 0.15) is 42.5 Å². The first-order valence-electron chi connectivity index (χ1n) is 26.9. The average Bonchev–Trinajstić information content (AvgIpc) is 3.38. The van der Waals surface area contributed by atoms with E-state index in [1.54, 1.807) is 21.1 Å². The SMILES string of the molecule is CO[C@H]1C[C@H](CC[C@@H](C)CO)OCC(=O)C(=O)N2CCCC[C@H]2C(=O)O[C@H]([C@H](C)C[C@@H]2CC[C@@H](OC(=O)C(C)(CO)CO)[C@H](OC)C2)CC[C@H](C)/C=C(\C)[C@@H](O)[C@@H](OC)C(=O)[C@H](C)C[C@H](C)/C=C/C=C/C=C/1C. The van der Waals surface area contributed by atoms with Gasteiger partial charge < -0.3 is 53.7 Å². The molecule has 0 bridgehead atoms. The second kappa shape index (κ2) is 32.1. The van der Waals surface area contributed by atoms with Gasteiger partial charge >= 0.3 is 11.9 Å². The maximum absolute atomic E-state index is 14.5. The highest BCUT2D eigenvalue weighted by Crippen LogP contribution is 2.36. The van der Waals surface area contributed by atoms with Crippen molar-refractivity contribution in [1.29, 1.82) is 0 Å². The summed E-state index contributed by atoms with van der Waals surface area (Å²) in [5.41, 5.74) is 0.0497. The number of allylic oxidation sites excluding steroid dienone is 6. The van der Waals surface area contributed by atoms with Gasteiger partial charge in [0.2, 0.25) is 5.78 Å². The fraction of sp³-hybridized carbons (Fsp3) is 0.772. The van der Waals surface area contributed by atoms with Crippen molar-refractivity contribution in [2.75, 3.05) is 54.3 Å². The lowest BCUT2D eigenvalue weighted by atomic mass is 9.78. The largest absolute Gasteiger partial charge is 0.461 e. The Morgan fingerprint density at radius 3 is 2.19 bits per heavy atom. The van der Waals surface area contributed by atoms with Crippen LogP contribution in [0.5, 0.6) is 0 Å². The molecule has 2 heterocycles. The third-order valence-corrected chi connectivity index (χ3v) is 15.5. The van der Waals surface area contributed by atoms with Crippen molar-refractivity contribution >= 4 is 29.4 Å². The number of piperidine rings is 1. The minimum Gasteiger partial charge on any atom is -0.461 e. The fourth-order valence-electron chi connectivity index (χ4n) is 10.3. The van der Waals surface area contributed by atoms with E-state index in [-0.39, 0.29) is 54.6 Å². The Hall–Kier alpha value is -3.61. The van der Waals surface area contributed by atoms with Crippen LogP contribution < -0.4 is 0 Å². The molecule has 0 aromatic heterocycles. The zero-order valence-corrected chi connectivity index (χ0v) is 46.0.